The van der Waals surface area contributed by atoms with E-state index in [1.54, 1.807) is 13.2 Å². The number of benzene rings is 3. The monoisotopic (exact) mass is 780 g/mol. The molecule has 5 fully saturated rings. The first-order valence-corrected chi connectivity index (χ1v) is 21.1. The molecule has 2 amide bonds. The Morgan fingerprint density at radius 3 is 2.26 bits per heavy atom. The van der Waals surface area contributed by atoms with E-state index in [-0.39, 0.29) is 29.5 Å². The zero-order chi connectivity index (χ0) is 40.1. The minimum atomic E-state index is -1.31. The van der Waals surface area contributed by atoms with Crippen LogP contribution < -0.4 is 10.1 Å². The summed E-state index contributed by atoms with van der Waals surface area (Å²) in [6.07, 6.45) is 12.7. The van der Waals surface area contributed by atoms with Crippen LogP contribution in [0.15, 0.2) is 72.3 Å². The van der Waals surface area contributed by atoms with Gasteiger partial charge in [-0.2, -0.15) is 0 Å². The van der Waals surface area contributed by atoms with Gasteiger partial charge in [0.2, 0.25) is 0 Å². The molecule has 3 N–H and O–H groups in total. The molecule has 4 atom stereocenters. The maximum Gasteiger partial charge on any atom is 0.321 e. The number of hydrogen-bond acceptors (Lipinski definition) is 5. The molecule has 9 heteroatoms. The van der Waals surface area contributed by atoms with E-state index in [2.05, 4.69) is 25.2 Å². The van der Waals surface area contributed by atoms with Crippen molar-refractivity contribution in [2.45, 2.75) is 115 Å². The zero-order valence-corrected chi connectivity index (χ0v) is 33.7. The number of carbonyl (C=O) groups excluding carboxylic acids is 2. The average Bonchev–Trinajstić information content (AvgIpc) is 3.42. The molecule has 7 aliphatic rings. The van der Waals surface area contributed by atoms with Crippen molar-refractivity contribution < 1.29 is 33.3 Å². The fourth-order valence-corrected chi connectivity index (χ4v) is 12.3. The van der Waals surface area contributed by atoms with Crippen LogP contribution in [-0.4, -0.2) is 58.8 Å². The Balaban J connectivity index is 1.18. The van der Waals surface area contributed by atoms with Crippen LogP contribution in [0.3, 0.4) is 0 Å². The molecule has 3 aromatic rings. The van der Waals surface area contributed by atoms with Gasteiger partial charge in [0.05, 0.1) is 25.4 Å². The van der Waals surface area contributed by atoms with Crippen LogP contribution in [0.5, 0.6) is 5.75 Å². The molecule has 5 saturated carbocycles. The lowest BCUT2D eigenvalue weighted by molar-refractivity contribution is -0.0975. The Morgan fingerprint density at radius 1 is 0.895 bits per heavy atom. The number of halogens is 2. The molecule has 0 aromatic heterocycles. The van der Waals surface area contributed by atoms with Crippen LogP contribution in [0.4, 0.5) is 19.3 Å². The first-order chi connectivity index (χ1) is 27.2. The van der Waals surface area contributed by atoms with Gasteiger partial charge in [-0.1, -0.05) is 30.7 Å². The fraction of sp³-hybridized carbons (Fsp3) is 0.542. The third-order valence-electron chi connectivity index (χ3n) is 14.9. The fourth-order valence-electron chi connectivity index (χ4n) is 12.3. The Labute approximate surface area is 335 Å². The van der Waals surface area contributed by atoms with Gasteiger partial charge in [0.15, 0.2) is 17.4 Å². The number of aliphatic hydroxyl groups excluding tert-OH is 1. The van der Waals surface area contributed by atoms with E-state index in [1.165, 1.54) is 30.9 Å². The largest absolute Gasteiger partial charge is 0.497 e. The number of aliphatic hydroxyl groups is 2. The summed E-state index contributed by atoms with van der Waals surface area (Å²) in [6.45, 7) is 4.93. The molecular formula is C48H58F2N2O5. The minimum Gasteiger partial charge on any atom is -0.497 e. The highest BCUT2D eigenvalue weighted by atomic mass is 19.2. The van der Waals surface area contributed by atoms with Gasteiger partial charge in [-0.05, 0) is 179 Å². The summed E-state index contributed by atoms with van der Waals surface area (Å²) in [5.74, 6) is -0.0382. The lowest BCUT2D eigenvalue weighted by atomic mass is 9.49. The van der Waals surface area contributed by atoms with Gasteiger partial charge in [-0.25, -0.2) is 13.6 Å². The van der Waals surface area contributed by atoms with Crippen LogP contribution in [0.25, 0.3) is 0 Å². The van der Waals surface area contributed by atoms with Gasteiger partial charge in [-0.15, -0.1) is 0 Å². The van der Waals surface area contributed by atoms with Crippen molar-refractivity contribution >= 4 is 17.5 Å². The van der Waals surface area contributed by atoms with Gasteiger partial charge in [0.25, 0.3) is 0 Å². The second-order valence-electron chi connectivity index (χ2n) is 18.8. The van der Waals surface area contributed by atoms with Crippen LogP contribution in [0.2, 0.25) is 0 Å². The lowest BCUT2D eigenvalue weighted by Gasteiger charge is -2.58. The number of anilines is 1. The smallest absolute Gasteiger partial charge is 0.321 e. The predicted molar refractivity (Wildman–Crippen MR) is 217 cm³/mol. The van der Waals surface area contributed by atoms with E-state index >= 15 is 0 Å². The van der Waals surface area contributed by atoms with E-state index < -0.39 is 34.5 Å². The normalized spacial score (nSPS) is 32.0. The molecule has 0 unspecified atom stereocenters. The van der Waals surface area contributed by atoms with Crippen molar-refractivity contribution in [3.63, 3.8) is 0 Å². The quantitative estimate of drug-likeness (QED) is 0.156. The highest BCUT2D eigenvalue weighted by Crippen LogP contribution is 2.62. The number of rotatable bonds is 8. The third kappa shape index (κ3) is 7.91. The van der Waals surface area contributed by atoms with Crippen molar-refractivity contribution in [3.8, 4) is 5.75 Å². The summed E-state index contributed by atoms with van der Waals surface area (Å²) in [6, 6.07) is 16.0. The Hall–Kier alpha value is -4.08. The van der Waals surface area contributed by atoms with Crippen LogP contribution in [0.1, 0.15) is 124 Å². The van der Waals surface area contributed by atoms with Gasteiger partial charge >= 0.3 is 6.03 Å². The van der Waals surface area contributed by atoms with E-state index in [0.29, 0.717) is 86.2 Å². The molecule has 304 valence electrons. The van der Waals surface area contributed by atoms with Crippen LogP contribution in [-0.2, 0) is 6.42 Å². The molecule has 3 aromatic carbocycles. The number of nitrogens with one attached hydrogen (secondary N) is 1. The molecule has 57 heavy (non-hydrogen) atoms. The molecular weight excluding hydrogens is 723 g/mol. The summed E-state index contributed by atoms with van der Waals surface area (Å²) >= 11 is 0. The molecule has 0 radical (unpaired) electrons. The number of ether oxygens (including phenoxy) is 1. The van der Waals surface area contributed by atoms with Gasteiger partial charge in [0, 0.05) is 28.8 Å². The summed E-state index contributed by atoms with van der Waals surface area (Å²) in [7, 11) is 1.61. The molecule has 7 nitrogen and oxygen atoms in total. The highest BCUT2D eigenvalue weighted by molar-refractivity contribution is 6.10. The minimum absolute atomic E-state index is 0.0226. The number of carbonyl (C=O) groups is 2. The standard InChI is InChI=1S/C48H58F2N2O5/c1-30-5-4-17-46(2)41(39-14-7-31(22-37(53)11-6-30)23-40(39)44(54)35-8-15-42(49)43(50)24-35)16-18-48(46,56)29-52(45(55)51-36-9-12-38(57-3)13-10-36)28-47-25-32-19-33(26-47)21-34(20-32)27-47/h5,7-10,12-15,23-24,32-34,37,41,53,56H,4,6,11,16-22,25-29H2,1-3H3,(H,51,55)/t32?,33?,34?,37-,41-,46-,47?,48+/m0/s1. The SMILES string of the molecule is COc1ccc(NC(=O)N(CC23CC4CC(CC(C4)C2)C3)C[C@]2(O)CC[C@H]3c4ccc(cc4C(=O)c4ccc(F)c(F)c4)C[C@@H](O)CCC(C)=CCC[C@@]32C)cc1. The number of allylic oxidation sites excluding steroid dienone is 2. The second kappa shape index (κ2) is 15.6. The van der Waals surface area contributed by atoms with Crippen molar-refractivity contribution in [2.24, 2.45) is 28.6 Å². The lowest BCUT2D eigenvalue weighted by Crippen LogP contribution is -2.58. The molecule has 0 saturated heterocycles. The van der Waals surface area contributed by atoms with Gasteiger partial charge < -0.3 is 25.2 Å². The summed E-state index contributed by atoms with van der Waals surface area (Å²) in [4.78, 5) is 30.9. The van der Waals surface area contributed by atoms with E-state index in [4.69, 9.17) is 4.74 Å². The molecule has 0 heterocycles. The number of hydrogen-bond donors (Lipinski definition) is 3. The maximum atomic E-state index is 14.6. The maximum absolute atomic E-state index is 14.6. The Bertz CT molecular complexity index is 2000. The third-order valence-corrected chi connectivity index (χ3v) is 14.9. The first-order valence-electron chi connectivity index (χ1n) is 21.1. The molecule has 7 aliphatic carbocycles. The second-order valence-corrected chi connectivity index (χ2v) is 18.8. The van der Waals surface area contributed by atoms with Crippen molar-refractivity contribution in [3.05, 3.63) is 106 Å². The van der Waals surface area contributed by atoms with Crippen molar-refractivity contribution in [1.82, 2.24) is 4.90 Å². The van der Waals surface area contributed by atoms with Gasteiger partial charge in [-0.3, -0.25) is 4.79 Å². The summed E-state index contributed by atoms with van der Waals surface area (Å²) in [5, 5.41) is 27.5. The number of urea groups is 1. The summed E-state index contributed by atoms with van der Waals surface area (Å²) < 4.78 is 33.9. The first kappa shape index (κ1) is 39.7. The van der Waals surface area contributed by atoms with Crippen LogP contribution in [0, 0.1) is 40.2 Å². The Kier molecular flexibility index (Phi) is 10.9. The number of methoxy groups -OCH3 is 1. The number of nitrogens with zero attached hydrogens (tertiary/aromatic N) is 1. The predicted octanol–water partition coefficient (Wildman–Crippen LogP) is 9.99. The summed E-state index contributed by atoms with van der Waals surface area (Å²) in [5.41, 5.74) is 1.70. The van der Waals surface area contributed by atoms with E-state index in [9.17, 15) is 28.6 Å². The average molecular weight is 781 g/mol. The van der Waals surface area contributed by atoms with Crippen LogP contribution >= 0.6 is 0 Å². The topological polar surface area (TPSA) is 99.1 Å². The number of amides is 2. The molecule has 0 spiro atoms. The van der Waals surface area contributed by atoms with E-state index in [0.717, 1.165) is 42.5 Å². The van der Waals surface area contributed by atoms with E-state index in [1.807, 2.05) is 41.3 Å². The zero-order valence-electron chi connectivity index (χ0n) is 33.7. The number of ketones is 1. The Morgan fingerprint density at radius 2 is 1.60 bits per heavy atom. The van der Waals surface area contributed by atoms with Crippen molar-refractivity contribution in [2.75, 3.05) is 25.5 Å². The molecule has 0 aliphatic heterocycles. The number of fused-ring (bicyclic) bond motifs is 8. The molecule has 10 rings (SSSR count). The van der Waals surface area contributed by atoms with Gasteiger partial charge in [0.1, 0.15) is 5.75 Å². The van der Waals surface area contributed by atoms with Crippen molar-refractivity contribution in [1.29, 1.82) is 0 Å². The molecule has 6 bridgehead atoms. The highest BCUT2D eigenvalue weighted by Gasteiger charge is 2.59.